The van der Waals surface area contributed by atoms with E-state index in [0.717, 1.165) is 0 Å². The molecule has 0 aliphatic carbocycles. The van der Waals surface area contributed by atoms with Crippen LogP contribution in [0.3, 0.4) is 0 Å². The van der Waals surface area contributed by atoms with E-state index in [1.54, 1.807) is 35.4 Å². The minimum atomic E-state index is -3.67. The Labute approximate surface area is 181 Å². The number of benzene rings is 1. The number of carbonyl (C=O) groups excluding carboxylic acids is 1. The van der Waals surface area contributed by atoms with E-state index in [1.807, 2.05) is 4.90 Å². The van der Waals surface area contributed by atoms with E-state index < -0.39 is 10.0 Å². The maximum atomic E-state index is 13.0. The number of rotatable bonds is 4. The van der Waals surface area contributed by atoms with E-state index >= 15 is 0 Å². The average Bonchev–Trinajstić information content (AvgIpc) is 2.84. The van der Waals surface area contributed by atoms with Crippen molar-refractivity contribution in [2.24, 2.45) is 0 Å². The molecule has 0 radical (unpaired) electrons. The lowest BCUT2D eigenvalue weighted by Gasteiger charge is -2.35. The first kappa shape index (κ1) is 21.2. The molecule has 0 N–H and O–H groups in total. The van der Waals surface area contributed by atoms with E-state index in [1.165, 1.54) is 16.4 Å². The molecule has 4 rings (SSSR count). The molecule has 3 heterocycles. The largest absolute Gasteiger partial charge is 0.379 e. The van der Waals surface area contributed by atoms with Crippen molar-refractivity contribution in [1.82, 2.24) is 14.2 Å². The van der Waals surface area contributed by atoms with Gasteiger partial charge in [0, 0.05) is 51.0 Å². The summed E-state index contributed by atoms with van der Waals surface area (Å²) < 4.78 is 32.4. The highest BCUT2D eigenvalue weighted by molar-refractivity contribution is 7.89. The minimum absolute atomic E-state index is 0.117. The second-order valence-electron chi connectivity index (χ2n) is 7.31. The molecule has 0 saturated carbocycles. The summed E-state index contributed by atoms with van der Waals surface area (Å²) in [5.41, 5.74) is 0.849. The number of piperazine rings is 1. The van der Waals surface area contributed by atoms with Crippen molar-refractivity contribution in [1.29, 1.82) is 5.26 Å². The molecule has 0 spiro atoms. The number of sulfonamides is 1. The van der Waals surface area contributed by atoms with Gasteiger partial charge in [-0.2, -0.15) is 9.57 Å². The molecule has 2 aromatic rings. The summed E-state index contributed by atoms with van der Waals surface area (Å²) in [6, 6.07) is 11.8. The molecule has 1 aromatic heterocycles. The van der Waals surface area contributed by atoms with Crippen LogP contribution in [-0.4, -0.2) is 81.0 Å². The lowest BCUT2D eigenvalue weighted by atomic mass is 10.1. The van der Waals surface area contributed by atoms with Crippen LogP contribution in [-0.2, 0) is 14.8 Å². The monoisotopic (exact) mass is 441 g/mol. The fraction of sp³-hybridized carbons (Fsp3) is 0.381. The Bertz CT molecular complexity index is 1100. The molecule has 0 bridgehead atoms. The van der Waals surface area contributed by atoms with Crippen LogP contribution in [0.25, 0.3) is 0 Å². The highest BCUT2D eigenvalue weighted by Gasteiger charge is 2.28. The number of morpholine rings is 1. The molecule has 162 valence electrons. The SMILES string of the molecule is N#Cc1cccnc1N1CCN(C(=O)c2cccc(S(=O)(=O)N3CCOCC3)c2)CC1. The molecular weight excluding hydrogens is 418 g/mol. The number of hydrogen-bond acceptors (Lipinski definition) is 7. The molecule has 31 heavy (non-hydrogen) atoms. The summed E-state index contributed by atoms with van der Waals surface area (Å²) in [6.07, 6.45) is 1.65. The number of carbonyl (C=O) groups is 1. The fourth-order valence-corrected chi connectivity index (χ4v) is 5.22. The third-order valence-corrected chi connectivity index (χ3v) is 7.36. The first-order valence-electron chi connectivity index (χ1n) is 10.1. The highest BCUT2D eigenvalue weighted by Crippen LogP contribution is 2.21. The number of nitriles is 1. The number of ether oxygens (including phenoxy) is 1. The molecule has 10 heteroatoms. The van der Waals surface area contributed by atoms with Gasteiger partial charge in [-0.15, -0.1) is 0 Å². The molecule has 1 aromatic carbocycles. The van der Waals surface area contributed by atoms with Crippen LogP contribution in [0.1, 0.15) is 15.9 Å². The van der Waals surface area contributed by atoms with Crippen molar-refractivity contribution >= 4 is 21.7 Å². The Kier molecular flexibility index (Phi) is 6.18. The summed E-state index contributed by atoms with van der Waals surface area (Å²) in [7, 11) is -3.67. The van der Waals surface area contributed by atoms with Gasteiger partial charge in [-0.25, -0.2) is 13.4 Å². The molecule has 0 unspecified atom stereocenters. The summed E-state index contributed by atoms with van der Waals surface area (Å²) in [4.78, 5) is 21.1. The zero-order valence-electron chi connectivity index (χ0n) is 17.0. The van der Waals surface area contributed by atoms with Gasteiger partial charge < -0.3 is 14.5 Å². The van der Waals surface area contributed by atoms with E-state index in [0.29, 0.717) is 69.4 Å². The first-order valence-corrected chi connectivity index (χ1v) is 11.5. The summed E-state index contributed by atoms with van der Waals surface area (Å²) >= 11 is 0. The van der Waals surface area contributed by atoms with Crippen LogP contribution in [0.15, 0.2) is 47.5 Å². The standard InChI is InChI=1S/C21H23N5O4S/c22-16-18-4-2-6-23-20(18)24-7-9-25(10-8-24)21(27)17-3-1-5-19(15-17)31(28,29)26-11-13-30-14-12-26/h1-6,15H,7-14H2. The van der Waals surface area contributed by atoms with E-state index in [-0.39, 0.29) is 10.8 Å². The van der Waals surface area contributed by atoms with Crippen LogP contribution in [0.2, 0.25) is 0 Å². The Morgan fingerprint density at radius 1 is 1.03 bits per heavy atom. The maximum Gasteiger partial charge on any atom is 0.254 e. The van der Waals surface area contributed by atoms with E-state index in [2.05, 4.69) is 11.1 Å². The van der Waals surface area contributed by atoms with Crippen molar-refractivity contribution in [3.8, 4) is 6.07 Å². The molecular formula is C21H23N5O4S. The number of aromatic nitrogens is 1. The smallest absolute Gasteiger partial charge is 0.254 e. The number of pyridine rings is 1. The molecule has 2 aliphatic rings. The summed E-state index contributed by atoms with van der Waals surface area (Å²) in [6.45, 7) is 3.35. The zero-order valence-corrected chi connectivity index (χ0v) is 17.8. The van der Waals surface area contributed by atoms with Crippen molar-refractivity contribution in [2.45, 2.75) is 4.90 Å². The zero-order chi connectivity index (χ0) is 21.8. The van der Waals surface area contributed by atoms with Gasteiger partial charge in [0.15, 0.2) is 0 Å². The Morgan fingerprint density at radius 3 is 2.48 bits per heavy atom. The van der Waals surface area contributed by atoms with Crippen LogP contribution >= 0.6 is 0 Å². The second kappa shape index (κ2) is 9.01. The molecule has 0 atom stereocenters. The van der Waals surface area contributed by atoms with Gasteiger partial charge in [0.25, 0.3) is 5.91 Å². The quantitative estimate of drug-likeness (QED) is 0.695. The van der Waals surface area contributed by atoms with E-state index in [9.17, 15) is 18.5 Å². The molecule has 1 amide bonds. The number of hydrogen-bond donors (Lipinski definition) is 0. The number of nitrogens with zero attached hydrogens (tertiary/aromatic N) is 5. The van der Waals surface area contributed by atoms with Gasteiger partial charge in [-0.1, -0.05) is 6.07 Å². The Morgan fingerprint density at radius 2 is 1.77 bits per heavy atom. The van der Waals surface area contributed by atoms with Crippen molar-refractivity contribution in [3.05, 3.63) is 53.7 Å². The lowest BCUT2D eigenvalue weighted by Crippen LogP contribution is -2.49. The summed E-state index contributed by atoms with van der Waals surface area (Å²) in [5.74, 6) is 0.413. The topological polar surface area (TPSA) is 107 Å². The lowest BCUT2D eigenvalue weighted by molar-refractivity contribution is 0.0729. The number of anilines is 1. The number of amides is 1. The average molecular weight is 442 g/mol. The van der Waals surface area contributed by atoms with E-state index in [4.69, 9.17) is 4.74 Å². The van der Waals surface area contributed by atoms with Crippen molar-refractivity contribution in [3.63, 3.8) is 0 Å². The van der Waals surface area contributed by atoms with Crippen molar-refractivity contribution in [2.75, 3.05) is 57.4 Å². The van der Waals surface area contributed by atoms with Gasteiger partial charge in [0.1, 0.15) is 11.9 Å². The van der Waals surface area contributed by atoms with Gasteiger partial charge in [0.05, 0.1) is 23.7 Å². The third-order valence-electron chi connectivity index (χ3n) is 5.46. The van der Waals surface area contributed by atoms with Crippen LogP contribution in [0.5, 0.6) is 0 Å². The first-order chi connectivity index (χ1) is 15.0. The van der Waals surface area contributed by atoms with Gasteiger partial charge in [-0.3, -0.25) is 4.79 Å². The maximum absolute atomic E-state index is 13.0. The third kappa shape index (κ3) is 4.39. The predicted molar refractivity (Wildman–Crippen MR) is 113 cm³/mol. The van der Waals surface area contributed by atoms with Crippen LogP contribution < -0.4 is 4.90 Å². The van der Waals surface area contributed by atoms with Crippen molar-refractivity contribution < 1.29 is 17.9 Å². The Balaban J connectivity index is 1.46. The minimum Gasteiger partial charge on any atom is -0.379 e. The Hall–Kier alpha value is -3.00. The fourth-order valence-electron chi connectivity index (χ4n) is 3.77. The normalized spacial score (nSPS) is 17.9. The molecule has 2 fully saturated rings. The predicted octanol–water partition coefficient (Wildman–Crippen LogP) is 0.937. The molecule has 9 nitrogen and oxygen atoms in total. The molecule has 2 saturated heterocycles. The van der Waals surface area contributed by atoms with Crippen LogP contribution in [0, 0.1) is 11.3 Å². The van der Waals surface area contributed by atoms with Crippen LogP contribution in [0.4, 0.5) is 5.82 Å². The van der Waals surface area contributed by atoms with Gasteiger partial charge >= 0.3 is 0 Å². The van der Waals surface area contributed by atoms with Gasteiger partial charge in [-0.05, 0) is 30.3 Å². The molecule has 2 aliphatic heterocycles. The summed E-state index contributed by atoms with van der Waals surface area (Å²) in [5, 5.41) is 9.28. The highest BCUT2D eigenvalue weighted by atomic mass is 32.2. The van der Waals surface area contributed by atoms with Gasteiger partial charge in [0.2, 0.25) is 10.0 Å². The second-order valence-corrected chi connectivity index (χ2v) is 9.25.